The first-order valence-electron chi connectivity index (χ1n) is 7.28. The molecule has 2 rings (SSSR count). The van der Waals surface area contributed by atoms with Gasteiger partial charge in [-0.05, 0) is 27.2 Å². The summed E-state index contributed by atoms with van der Waals surface area (Å²) in [6.45, 7) is 8.49. The minimum Gasteiger partial charge on any atom is -0.444 e. The van der Waals surface area contributed by atoms with Crippen molar-refractivity contribution in [3.8, 4) is 0 Å². The second kappa shape index (κ2) is 5.83. The zero-order valence-electron chi connectivity index (χ0n) is 13.3. The fraction of sp³-hybridized carbons (Fsp3) is 0.714. The predicted molar refractivity (Wildman–Crippen MR) is 82.3 cm³/mol. The minimum atomic E-state index is -0.464. The molecule has 1 aromatic rings. The zero-order chi connectivity index (χ0) is 15.6. The summed E-state index contributed by atoms with van der Waals surface area (Å²) in [7, 11) is 1.85. The third-order valence-corrected chi connectivity index (χ3v) is 3.28. The standard InChI is InChI=1S/C14H25N5O2/c1-14(2,3)21-13(20)19-7-5-6-18(8-9-19)12-11(15)10-17(4)16-12/h10H,5-9,15H2,1-4H3. The van der Waals surface area contributed by atoms with Crippen LogP contribution in [0.4, 0.5) is 16.3 Å². The topological polar surface area (TPSA) is 76.6 Å². The summed E-state index contributed by atoms with van der Waals surface area (Å²) >= 11 is 0. The maximum absolute atomic E-state index is 12.1. The van der Waals surface area contributed by atoms with Crippen molar-refractivity contribution in [1.82, 2.24) is 14.7 Å². The van der Waals surface area contributed by atoms with E-state index >= 15 is 0 Å². The highest BCUT2D eigenvalue weighted by atomic mass is 16.6. The molecule has 2 N–H and O–H groups in total. The van der Waals surface area contributed by atoms with Gasteiger partial charge in [0.2, 0.25) is 0 Å². The predicted octanol–water partition coefficient (Wildman–Crippen LogP) is 1.45. The molecule has 1 aromatic heterocycles. The molecule has 7 nitrogen and oxygen atoms in total. The molecule has 0 spiro atoms. The highest BCUT2D eigenvalue weighted by Crippen LogP contribution is 2.22. The molecule has 0 saturated carbocycles. The third kappa shape index (κ3) is 4.03. The van der Waals surface area contributed by atoms with Crippen LogP contribution in [0.15, 0.2) is 6.20 Å². The lowest BCUT2D eigenvalue weighted by Crippen LogP contribution is -2.39. The Hall–Kier alpha value is -1.92. The van der Waals surface area contributed by atoms with E-state index in [-0.39, 0.29) is 6.09 Å². The summed E-state index contributed by atoms with van der Waals surface area (Å²) in [6, 6.07) is 0. The molecule has 1 fully saturated rings. The van der Waals surface area contributed by atoms with Gasteiger partial charge in [0.25, 0.3) is 0 Å². The Kier molecular flexibility index (Phi) is 4.29. The number of nitrogens with two attached hydrogens (primary N) is 1. The first-order valence-corrected chi connectivity index (χ1v) is 7.28. The molecular formula is C14H25N5O2. The van der Waals surface area contributed by atoms with Crippen LogP contribution in [-0.4, -0.2) is 52.6 Å². The van der Waals surface area contributed by atoms with Crippen LogP contribution >= 0.6 is 0 Å². The van der Waals surface area contributed by atoms with Crippen LogP contribution in [0.3, 0.4) is 0 Å². The van der Waals surface area contributed by atoms with Crippen molar-refractivity contribution in [2.45, 2.75) is 32.8 Å². The van der Waals surface area contributed by atoms with Gasteiger partial charge in [-0.15, -0.1) is 0 Å². The molecule has 1 aliphatic heterocycles. The maximum Gasteiger partial charge on any atom is 0.410 e. The summed E-state index contributed by atoms with van der Waals surface area (Å²) in [5.41, 5.74) is 6.18. The van der Waals surface area contributed by atoms with Crippen LogP contribution in [0.5, 0.6) is 0 Å². The van der Waals surface area contributed by atoms with Gasteiger partial charge >= 0.3 is 6.09 Å². The van der Waals surface area contributed by atoms with Crippen molar-refractivity contribution in [2.24, 2.45) is 7.05 Å². The SMILES string of the molecule is Cn1cc(N)c(N2CCCN(C(=O)OC(C)(C)C)CC2)n1. The molecule has 1 saturated heterocycles. The number of hydrogen-bond acceptors (Lipinski definition) is 5. The lowest BCUT2D eigenvalue weighted by Gasteiger charge is -2.26. The molecule has 21 heavy (non-hydrogen) atoms. The lowest BCUT2D eigenvalue weighted by molar-refractivity contribution is 0.0263. The summed E-state index contributed by atoms with van der Waals surface area (Å²) in [6.07, 6.45) is 2.42. The number of hydrogen-bond donors (Lipinski definition) is 1. The van der Waals surface area contributed by atoms with Crippen molar-refractivity contribution in [3.63, 3.8) is 0 Å². The van der Waals surface area contributed by atoms with Gasteiger partial charge in [0.15, 0.2) is 5.82 Å². The van der Waals surface area contributed by atoms with Gasteiger partial charge in [0.05, 0.1) is 5.69 Å². The smallest absolute Gasteiger partial charge is 0.410 e. The Bertz CT molecular complexity index is 506. The molecule has 1 aliphatic rings. The number of ether oxygens (including phenoxy) is 1. The quantitative estimate of drug-likeness (QED) is 0.848. The van der Waals surface area contributed by atoms with Gasteiger partial charge in [-0.2, -0.15) is 5.10 Å². The molecule has 0 atom stereocenters. The van der Waals surface area contributed by atoms with E-state index in [0.29, 0.717) is 25.3 Å². The van der Waals surface area contributed by atoms with Gasteiger partial charge < -0.3 is 20.3 Å². The van der Waals surface area contributed by atoms with Crippen molar-refractivity contribution < 1.29 is 9.53 Å². The molecule has 0 unspecified atom stereocenters. The van der Waals surface area contributed by atoms with Crippen LogP contribution in [0.2, 0.25) is 0 Å². The summed E-state index contributed by atoms with van der Waals surface area (Å²) < 4.78 is 7.14. The van der Waals surface area contributed by atoms with Gasteiger partial charge in [-0.3, -0.25) is 4.68 Å². The monoisotopic (exact) mass is 295 g/mol. The molecule has 2 heterocycles. The van der Waals surface area contributed by atoms with Crippen LogP contribution in [-0.2, 0) is 11.8 Å². The Labute approximate surface area is 125 Å². The van der Waals surface area contributed by atoms with E-state index in [1.165, 1.54) is 0 Å². The van der Waals surface area contributed by atoms with Gasteiger partial charge in [-0.25, -0.2) is 4.79 Å². The number of nitrogens with zero attached hydrogens (tertiary/aromatic N) is 4. The number of carbonyl (C=O) groups excluding carboxylic acids is 1. The molecule has 7 heteroatoms. The van der Waals surface area contributed by atoms with Crippen molar-refractivity contribution in [3.05, 3.63) is 6.20 Å². The van der Waals surface area contributed by atoms with Gasteiger partial charge in [-0.1, -0.05) is 0 Å². The second-order valence-corrected chi connectivity index (χ2v) is 6.39. The number of rotatable bonds is 1. The number of carbonyl (C=O) groups is 1. The fourth-order valence-electron chi connectivity index (χ4n) is 2.38. The third-order valence-electron chi connectivity index (χ3n) is 3.28. The number of anilines is 2. The lowest BCUT2D eigenvalue weighted by atomic mass is 10.2. The Morgan fingerprint density at radius 1 is 1.29 bits per heavy atom. The highest BCUT2D eigenvalue weighted by Gasteiger charge is 2.25. The van der Waals surface area contributed by atoms with Crippen LogP contribution in [0.1, 0.15) is 27.2 Å². The van der Waals surface area contributed by atoms with Crippen molar-refractivity contribution >= 4 is 17.6 Å². The molecule has 0 bridgehead atoms. The average molecular weight is 295 g/mol. The van der Waals surface area contributed by atoms with Crippen molar-refractivity contribution in [1.29, 1.82) is 0 Å². The number of nitrogen functional groups attached to an aromatic ring is 1. The van der Waals surface area contributed by atoms with E-state index in [0.717, 1.165) is 18.8 Å². The van der Waals surface area contributed by atoms with Crippen LogP contribution < -0.4 is 10.6 Å². The Morgan fingerprint density at radius 3 is 2.57 bits per heavy atom. The maximum atomic E-state index is 12.1. The second-order valence-electron chi connectivity index (χ2n) is 6.39. The first kappa shape index (κ1) is 15.5. The van der Waals surface area contributed by atoms with E-state index in [4.69, 9.17) is 10.5 Å². The number of amides is 1. The van der Waals surface area contributed by atoms with Gasteiger partial charge in [0, 0.05) is 39.4 Å². The summed E-state index contributed by atoms with van der Waals surface area (Å²) in [5.74, 6) is 0.795. The van der Waals surface area contributed by atoms with Crippen LogP contribution in [0, 0.1) is 0 Å². The fourth-order valence-corrected chi connectivity index (χ4v) is 2.38. The van der Waals surface area contributed by atoms with E-state index in [9.17, 15) is 4.79 Å². The van der Waals surface area contributed by atoms with E-state index in [1.54, 1.807) is 15.8 Å². The molecule has 1 amide bonds. The highest BCUT2D eigenvalue weighted by molar-refractivity contribution is 5.68. The summed E-state index contributed by atoms with van der Waals surface area (Å²) in [4.78, 5) is 16.0. The van der Waals surface area contributed by atoms with E-state index in [1.807, 2.05) is 27.8 Å². The largest absolute Gasteiger partial charge is 0.444 e. The zero-order valence-corrected chi connectivity index (χ0v) is 13.3. The number of aryl methyl sites for hydroxylation is 1. The molecular weight excluding hydrogens is 270 g/mol. The molecule has 0 radical (unpaired) electrons. The van der Waals surface area contributed by atoms with E-state index in [2.05, 4.69) is 10.00 Å². The molecule has 118 valence electrons. The number of aromatic nitrogens is 2. The normalized spacial score (nSPS) is 16.8. The first-order chi connectivity index (χ1) is 9.76. The molecule has 0 aromatic carbocycles. The van der Waals surface area contributed by atoms with Crippen LogP contribution in [0.25, 0.3) is 0 Å². The van der Waals surface area contributed by atoms with Gasteiger partial charge in [0.1, 0.15) is 5.60 Å². The Balaban J connectivity index is 1.99. The molecule has 0 aliphatic carbocycles. The van der Waals surface area contributed by atoms with E-state index < -0.39 is 5.60 Å². The Morgan fingerprint density at radius 2 is 2.00 bits per heavy atom. The minimum absolute atomic E-state index is 0.252. The summed E-state index contributed by atoms with van der Waals surface area (Å²) in [5, 5.41) is 4.39. The average Bonchev–Trinajstić information content (AvgIpc) is 2.58. The van der Waals surface area contributed by atoms with Crippen molar-refractivity contribution in [2.75, 3.05) is 36.8 Å².